The Morgan fingerprint density at radius 2 is 2.25 bits per heavy atom. The number of thioether (sulfide) groups is 1. The fourth-order valence-electron chi connectivity index (χ4n) is 2.46. The van der Waals surface area contributed by atoms with E-state index in [1.807, 2.05) is 6.92 Å². The lowest BCUT2D eigenvalue weighted by molar-refractivity contribution is -0.141. The van der Waals surface area contributed by atoms with Gasteiger partial charge in [0.1, 0.15) is 12.6 Å². The highest BCUT2D eigenvalue weighted by Crippen LogP contribution is 2.32. The Balaban J connectivity index is 2.15. The van der Waals surface area contributed by atoms with Crippen LogP contribution in [0.25, 0.3) is 0 Å². The molecule has 0 aromatic heterocycles. The second kappa shape index (κ2) is 6.34. The summed E-state index contributed by atoms with van der Waals surface area (Å²) in [6.07, 6.45) is 1.38. The third-order valence-corrected chi connectivity index (χ3v) is 4.93. The molecule has 2 unspecified atom stereocenters. The molecule has 8 heteroatoms. The molecule has 2 heterocycles. The molecular weight excluding hydrogens is 282 g/mol. The van der Waals surface area contributed by atoms with E-state index in [0.29, 0.717) is 31.7 Å². The predicted octanol–water partition coefficient (Wildman–Crippen LogP) is 0.166. The number of carbonyl (C=O) groups excluding carboxylic acids is 2. The number of aliphatic carboxylic acids is 1. The van der Waals surface area contributed by atoms with Crippen molar-refractivity contribution < 1.29 is 19.5 Å². The Labute approximate surface area is 121 Å². The first-order chi connectivity index (χ1) is 9.54. The van der Waals surface area contributed by atoms with Gasteiger partial charge in [-0.1, -0.05) is 6.92 Å². The molecule has 2 N–H and O–H groups in total. The number of carboxylic acids is 1. The molecule has 2 aliphatic heterocycles. The predicted molar refractivity (Wildman–Crippen MR) is 74.4 cm³/mol. The van der Waals surface area contributed by atoms with Crippen LogP contribution in [0.5, 0.6) is 0 Å². The summed E-state index contributed by atoms with van der Waals surface area (Å²) >= 11 is 1.48. The fourth-order valence-corrected chi connectivity index (χ4v) is 3.80. The van der Waals surface area contributed by atoms with Gasteiger partial charge in [0, 0.05) is 18.8 Å². The van der Waals surface area contributed by atoms with Crippen molar-refractivity contribution in [3.05, 3.63) is 0 Å². The van der Waals surface area contributed by atoms with Crippen LogP contribution in [0.3, 0.4) is 0 Å². The van der Waals surface area contributed by atoms with E-state index in [9.17, 15) is 19.5 Å². The molecule has 2 fully saturated rings. The van der Waals surface area contributed by atoms with Crippen LogP contribution in [0.1, 0.15) is 19.8 Å². The molecule has 2 aliphatic rings. The van der Waals surface area contributed by atoms with Crippen LogP contribution in [-0.4, -0.2) is 69.6 Å². The second-order valence-corrected chi connectivity index (χ2v) is 6.08. The van der Waals surface area contributed by atoms with Gasteiger partial charge in [0.25, 0.3) is 0 Å². The lowest BCUT2D eigenvalue weighted by Gasteiger charge is -2.32. The average molecular weight is 301 g/mol. The minimum absolute atomic E-state index is 0.00275. The van der Waals surface area contributed by atoms with E-state index < -0.39 is 12.0 Å². The lowest BCUT2D eigenvalue weighted by atomic mass is 10.2. The molecule has 0 spiro atoms. The summed E-state index contributed by atoms with van der Waals surface area (Å²) in [6.45, 7) is 2.96. The lowest BCUT2D eigenvalue weighted by Crippen LogP contribution is -2.52. The Bertz CT molecular complexity index is 418. The van der Waals surface area contributed by atoms with Gasteiger partial charge in [-0.2, -0.15) is 0 Å². The maximum atomic E-state index is 12.6. The first-order valence-electron chi connectivity index (χ1n) is 6.73. The third-order valence-electron chi connectivity index (χ3n) is 3.48. The highest BCUT2D eigenvalue weighted by atomic mass is 32.2. The summed E-state index contributed by atoms with van der Waals surface area (Å²) in [5.41, 5.74) is 0. The minimum atomic E-state index is -0.985. The van der Waals surface area contributed by atoms with Crippen LogP contribution >= 0.6 is 11.8 Å². The molecule has 0 bridgehead atoms. The number of rotatable bonds is 2. The van der Waals surface area contributed by atoms with Gasteiger partial charge in [-0.3, -0.25) is 9.69 Å². The summed E-state index contributed by atoms with van der Waals surface area (Å²) in [5, 5.41) is 11.8. The Hall–Kier alpha value is -1.44. The van der Waals surface area contributed by atoms with Crippen molar-refractivity contribution in [2.75, 3.05) is 25.4 Å². The number of carboxylic acid groups (broad SMARTS) is 1. The van der Waals surface area contributed by atoms with Crippen molar-refractivity contribution in [1.82, 2.24) is 15.1 Å². The molecule has 7 nitrogen and oxygen atoms in total. The maximum Gasteiger partial charge on any atom is 0.327 e. The quantitative estimate of drug-likeness (QED) is 0.758. The van der Waals surface area contributed by atoms with Crippen LogP contribution in [-0.2, 0) is 9.59 Å². The zero-order valence-electron chi connectivity index (χ0n) is 11.4. The highest BCUT2D eigenvalue weighted by Gasteiger charge is 2.42. The smallest absolute Gasteiger partial charge is 0.327 e. The number of amides is 3. The standard InChI is InChI=1S/C12H19N3O4S/c1-2-10-15(8(7-20-10)11(17)18)12(19)14-5-3-4-13-9(16)6-14/h8,10H,2-7H2,1H3,(H,13,16)(H,17,18). The molecule has 2 saturated heterocycles. The number of hydrogen-bond donors (Lipinski definition) is 2. The monoisotopic (exact) mass is 301 g/mol. The van der Waals surface area contributed by atoms with Crippen molar-refractivity contribution in [1.29, 1.82) is 0 Å². The van der Waals surface area contributed by atoms with E-state index >= 15 is 0 Å². The number of hydrogen-bond acceptors (Lipinski definition) is 4. The van der Waals surface area contributed by atoms with E-state index in [4.69, 9.17) is 0 Å². The normalized spacial score (nSPS) is 27.1. The summed E-state index contributed by atoms with van der Waals surface area (Å²) in [7, 11) is 0. The van der Waals surface area contributed by atoms with E-state index in [1.165, 1.54) is 21.6 Å². The van der Waals surface area contributed by atoms with Gasteiger partial charge >= 0.3 is 12.0 Å². The van der Waals surface area contributed by atoms with Gasteiger partial charge in [0.2, 0.25) is 5.91 Å². The number of urea groups is 1. The summed E-state index contributed by atoms with van der Waals surface area (Å²) in [4.78, 5) is 38.3. The maximum absolute atomic E-state index is 12.6. The molecule has 0 saturated carbocycles. The second-order valence-electron chi connectivity index (χ2n) is 4.87. The summed E-state index contributed by atoms with van der Waals surface area (Å²) in [5.74, 6) is -0.775. The molecule has 20 heavy (non-hydrogen) atoms. The van der Waals surface area contributed by atoms with Crippen LogP contribution in [0.15, 0.2) is 0 Å². The summed E-state index contributed by atoms with van der Waals surface area (Å²) in [6, 6.07) is -1.14. The van der Waals surface area contributed by atoms with Crippen molar-refractivity contribution in [2.45, 2.75) is 31.2 Å². The van der Waals surface area contributed by atoms with Gasteiger partial charge in [0.05, 0.1) is 5.37 Å². The van der Waals surface area contributed by atoms with Crippen molar-refractivity contribution >= 4 is 29.7 Å². The molecule has 0 aliphatic carbocycles. The van der Waals surface area contributed by atoms with Gasteiger partial charge in [0.15, 0.2) is 0 Å². The Morgan fingerprint density at radius 3 is 2.90 bits per heavy atom. The SMILES string of the molecule is CCC1SCC(C(=O)O)N1C(=O)N1CCCNC(=O)C1. The van der Waals surface area contributed by atoms with Crippen LogP contribution < -0.4 is 5.32 Å². The van der Waals surface area contributed by atoms with Crippen molar-refractivity contribution in [3.8, 4) is 0 Å². The van der Waals surface area contributed by atoms with E-state index in [1.54, 1.807) is 0 Å². The fraction of sp³-hybridized carbons (Fsp3) is 0.750. The molecule has 0 radical (unpaired) electrons. The number of nitrogens with zero attached hydrogens (tertiary/aromatic N) is 2. The number of nitrogens with one attached hydrogen (secondary N) is 1. The third kappa shape index (κ3) is 3.00. The highest BCUT2D eigenvalue weighted by molar-refractivity contribution is 8.00. The first kappa shape index (κ1) is 15.0. The number of carbonyl (C=O) groups is 3. The topological polar surface area (TPSA) is 89.9 Å². The van der Waals surface area contributed by atoms with E-state index in [2.05, 4.69) is 5.32 Å². The van der Waals surface area contributed by atoms with E-state index in [0.717, 1.165) is 0 Å². The molecule has 0 aromatic carbocycles. The zero-order valence-corrected chi connectivity index (χ0v) is 12.2. The molecule has 2 rings (SSSR count). The molecular formula is C12H19N3O4S. The Morgan fingerprint density at radius 1 is 1.50 bits per heavy atom. The van der Waals surface area contributed by atoms with Crippen LogP contribution in [0.2, 0.25) is 0 Å². The van der Waals surface area contributed by atoms with Gasteiger partial charge < -0.3 is 15.3 Å². The van der Waals surface area contributed by atoms with Gasteiger partial charge in [-0.05, 0) is 12.8 Å². The van der Waals surface area contributed by atoms with Gasteiger partial charge in [-0.15, -0.1) is 11.8 Å². The molecule has 112 valence electrons. The van der Waals surface area contributed by atoms with Crippen LogP contribution in [0.4, 0.5) is 4.79 Å². The van der Waals surface area contributed by atoms with Gasteiger partial charge in [-0.25, -0.2) is 9.59 Å². The summed E-state index contributed by atoms with van der Waals surface area (Å²) < 4.78 is 0. The first-order valence-corrected chi connectivity index (χ1v) is 7.77. The Kier molecular flexibility index (Phi) is 4.74. The molecule has 2 atom stereocenters. The van der Waals surface area contributed by atoms with Crippen molar-refractivity contribution in [2.24, 2.45) is 0 Å². The van der Waals surface area contributed by atoms with Crippen LogP contribution in [0, 0.1) is 0 Å². The van der Waals surface area contributed by atoms with E-state index in [-0.39, 0.29) is 23.9 Å². The molecule has 3 amide bonds. The average Bonchev–Trinajstić information content (AvgIpc) is 2.73. The van der Waals surface area contributed by atoms with Crippen molar-refractivity contribution in [3.63, 3.8) is 0 Å². The molecule has 0 aromatic rings. The largest absolute Gasteiger partial charge is 0.480 e. The minimum Gasteiger partial charge on any atom is -0.480 e. The zero-order chi connectivity index (χ0) is 14.7.